The fourth-order valence-corrected chi connectivity index (χ4v) is 1.65. The van der Waals surface area contributed by atoms with Gasteiger partial charge in [0.1, 0.15) is 0 Å². The minimum atomic E-state index is 0.703. The fraction of sp³-hybridized carbons (Fsp3) is 0.429. The van der Waals surface area contributed by atoms with Crippen molar-refractivity contribution in [3.05, 3.63) is 42.2 Å². The number of rotatable bonds is 6. The zero-order valence-electron chi connectivity index (χ0n) is 11.0. The lowest BCUT2D eigenvalue weighted by Gasteiger charge is -2.08. The molecule has 0 aliphatic heterocycles. The summed E-state index contributed by atoms with van der Waals surface area (Å²) in [5.41, 5.74) is 1.97. The molecule has 1 atom stereocenters. The molecule has 0 fully saturated rings. The molecule has 1 aromatic heterocycles. The molecule has 1 unspecified atom stereocenters. The second-order valence-electron chi connectivity index (χ2n) is 4.61. The molecule has 0 aliphatic carbocycles. The van der Waals surface area contributed by atoms with E-state index in [2.05, 4.69) is 29.4 Å². The summed E-state index contributed by atoms with van der Waals surface area (Å²) in [6, 6.07) is 9.95. The predicted molar refractivity (Wildman–Crippen MR) is 72.5 cm³/mol. The lowest BCUT2D eigenvalue weighted by atomic mass is 10.1. The van der Waals surface area contributed by atoms with Gasteiger partial charge in [-0.2, -0.15) is 15.0 Å². The first-order chi connectivity index (χ1) is 8.79. The molecule has 2 aromatic rings. The number of hydrogen-bond donors (Lipinski definition) is 1. The van der Waals surface area contributed by atoms with Gasteiger partial charge in [0.2, 0.25) is 0 Å². The topological polar surface area (TPSA) is 42.7 Å². The highest BCUT2D eigenvalue weighted by molar-refractivity contribution is 5.28. The van der Waals surface area contributed by atoms with Gasteiger partial charge >= 0.3 is 0 Å². The molecule has 1 aromatic carbocycles. The Morgan fingerprint density at radius 1 is 1.28 bits per heavy atom. The van der Waals surface area contributed by atoms with Crippen LogP contribution in [-0.4, -0.2) is 21.5 Å². The number of para-hydroxylation sites is 1. The van der Waals surface area contributed by atoms with Gasteiger partial charge in [0, 0.05) is 6.54 Å². The van der Waals surface area contributed by atoms with Crippen molar-refractivity contribution in [1.29, 1.82) is 0 Å². The highest BCUT2D eigenvalue weighted by atomic mass is 15.5. The van der Waals surface area contributed by atoms with Gasteiger partial charge in [-0.15, -0.1) is 0 Å². The summed E-state index contributed by atoms with van der Waals surface area (Å²) in [5, 5.41) is 12.1. The molecule has 0 aliphatic rings. The third-order valence-corrected chi connectivity index (χ3v) is 3.02. The molecule has 1 heterocycles. The van der Waals surface area contributed by atoms with Crippen molar-refractivity contribution in [3.8, 4) is 5.69 Å². The summed E-state index contributed by atoms with van der Waals surface area (Å²) in [7, 11) is 0. The third kappa shape index (κ3) is 3.40. The van der Waals surface area contributed by atoms with Crippen LogP contribution in [0, 0.1) is 5.92 Å². The molecule has 0 spiro atoms. The van der Waals surface area contributed by atoms with E-state index in [4.69, 9.17) is 0 Å². The third-order valence-electron chi connectivity index (χ3n) is 3.02. The Hall–Kier alpha value is -1.68. The molecule has 96 valence electrons. The smallest absolute Gasteiger partial charge is 0.0969 e. The van der Waals surface area contributed by atoms with E-state index in [0.29, 0.717) is 5.92 Å². The molecular formula is C14H20N4. The van der Waals surface area contributed by atoms with Gasteiger partial charge in [0.25, 0.3) is 0 Å². The van der Waals surface area contributed by atoms with Gasteiger partial charge in [-0.05, 0) is 24.6 Å². The van der Waals surface area contributed by atoms with Crippen LogP contribution in [0.25, 0.3) is 5.69 Å². The van der Waals surface area contributed by atoms with Crippen molar-refractivity contribution in [2.45, 2.75) is 26.8 Å². The van der Waals surface area contributed by atoms with Crippen molar-refractivity contribution in [2.75, 3.05) is 6.54 Å². The van der Waals surface area contributed by atoms with Crippen LogP contribution in [0.1, 0.15) is 26.0 Å². The first-order valence-corrected chi connectivity index (χ1v) is 6.47. The monoisotopic (exact) mass is 244 g/mol. The van der Waals surface area contributed by atoms with E-state index in [9.17, 15) is 0 Å². The number of aromatic nitrogens is 3. The minimum Gasteiger partial charge on any atom is -0.311 e. The molecule has 2 rings (SSSR count). The standard InChI is InChI=1S/C14H20N4/c1-3-12(2)9-15-10-13-11-16-18(17-13)14-7-5-4-6-8-14/h4-8,11-12,15H,3,9-10H2,1-2H3. The summed E-state index contributed by atoms with van der Waals surface area (Å²) < 4.78 is 0. The summed E-state index contributed by atoms with van der Waals surface area (Å²) in [4.78, 5) is 1.67. The number of nitrogens with one attached hydrogen (secondary N) is 1. The highest BCUT2D eigenvalue weighted by Crippen LogP contribution is 2.04. The number of hydrogen-bond acceptors (Lipinski definition) is 3. The summed E-state index contributed by atoms with van der Waals surface area (Å²) >= 11 is 0. The quantitative estimate of drug-likeness (QED) is 0.848. The van der Waals surface area contributed by atoms with Crippen LogP contribution < -0.4 is 5.32 Å². The van der Waals surface area contributed by atoms with Gasteiger partial charge in [0.15, 0.2) is 0 Å². The Bertz CT molecular complexity index is 464. The van der Waals surface area contributed by atoms with Gasteiger partial charge in [-0.3, -0.25) is 0 Å². The Morgan fingerprint density at radius 2 is 2.06 bits per heavy atom. The van der Waals surface area contributed by atoms with Crippen LogP contribution >= 0.6 is 0 Å². The van der Waals surface area contributed by atoms with Crippen LogP contribution in [0.15, 0.2) is 36.5 Å². The van der Waals surface area contributed by atoms with E-state index in [1.807, 2.05) is 36.5 Å². The highest BCUT2D eigenvalue weighted by Gasteiger charge is 2.03. The first-order valence-electron chi connectivity index (χ1n) is 6.47. The Balaban J connectivity index is 1.91. The van der Waals surface area contributed by atoms with Crippen molar-refractivity contribution in [1.82, 2.24) is 20.3 Å². The number of benzene rings is 1. The average Bonchev–Trinajstić information content (AvgIpc) is 2.88. The van der Waals surface area contributed by atoms with Crippen LogP contribution in [0.5, 0.6) is 0 Å². The van der Waals surface area contributed by atoms with Crippen LogP contribution in [-0.2, 0) is 6.54 Å². The van der Waals surface area contributed by atoms with E-state index in [1.54, 1.807) is 4.80 Å². The maximum absolute atomic E-state index is 4.45. The molecule has 0 radical (unpaired) electrons. The average molecular weight is 244 g/mol. The largest absolute Gasteiger partial charge is 0.311 e. The van der Waals surface area contributed by atoms with Gasteiger partial charge in [-0.25, -0.2) is 0 Å². The molecule has 0 saturated carbocycles. The first kappa shape index (κ1) is 12.8. The van der Waals surface area contributed by atoms with Crippen molar-refractivity contribution in [3.63, 3.8) is 0 Å². The second kappa shape index (κ2) is 6.31. The molecule has 1 N–H and O–H groups in total. The molecule has 4 nitrogen and oxygen atoms in total. The maximum Gasteiger partial charge on any atom is 0.0969 e. The van der Waals surface area contributed by atoms with E-state index in [1.165, 1.54) is 6.42 Å². The van der Waals surface area contributed by atoms with E-state index in [0.717, 1.165) is 24.5 Å². The van der Waals surface area contributed by atoms with E-state index in [-0.39, 0.29) is 0 Å². The molecule has 0 saturated heterocycles. The zero-order valence-corrected chi connectivity index (χ0v) is 11.0. The lowest BCUT2D eigenvalue weighted by Crippen LogP contribution is -2.20. The Morgan fingerprint density at radius 3 is 2.78 bits per heavy atom. The molecule has 0 bridgehead atoms. The van der Waals surface area contributed by atoms with Crippen molar-refractivity contribution >= 4 is 0 Å². The fourth-order valence-electron chi connectivity index (χ4n) is 1.65. The van der Waals surface area contributed by atoms with Gasteiger partial charge in [0.05, 0.1) is 17.6 Å². The van der Waals surface area contributed by atoms with E-state index >= 15 is 0 Å². The number of nitrogens with zero attached hydrogens (tertiary/aromatic N) is 3. The Kier molecular flexibility index (Phi) is 4.47. The van der Waals surface area contributed by atoms with Crippen LogP contribution in [0.4, 0.5) is 0 Å². The lowest BCUT2D eigenvalue weighted by molar-refractivity contribution is 0.496. The summed E-state index contributed by atoms with van der Waals surface area (Å²) in [5.74, 6) is 0.703. The predicted octanol–water partition coefficient (Wildman–Crippen LogP) is 2.40. The van der Waals surface area contributed by atoms with Crippen molar-refractivity contribution < 1.29 is 0 Å². The SMILES string of the molecule is CCC(C)CNCc1cnn(-c2ccccc2)n1. The van der Waals surface area contributed by atoms with Crippen molar-refractivity contribution in [2.24, 2.45) is 5.92 Å². The molecule has 4 heteroatoms. The normalized spacial score (nSPS) is 12.6. The second-order valence-corrected chi connectivity index (χ2v) is 4.61. The Labute approximate surface area is 108 Å². The summed E-state index contributed by atoms with van der Waals surface area (Å²) in [6.45, 7) is 6.25. The van der Waals surface area contributed by atoms with Crippen LogP contribution in [0.3, 0.4) is 0 Å². The molecular weight excluding hydrogens is 224 g/mol. The molecule has 0 amide bonds. The van der Waals surface area contributed by atoms with Crippen LogP contribution in [0.2, 0.25) is 0 Å². The zero-order chi connectivity index (χ0) is 12.8. The van der Waals surface area contributed by atoms with E-state index < -0.39 is 0 Å². The molecule has 18 heavy (non-hydrogen) atoms. The van der Waals surface area contributed by atoms with Gasteiger partial charge in [-0.1, -0.05) is 38.5 Å². The minimum absolute atomic E-state index is 0.703. The maximum atomic E-state index is 4.45. The summed E-state index contributed by atoms with van der Waals surface area (Å²) in [6.07, 6.45) is 3.01. The van der Waals surface area contributed by atoms with Gasteiger partial charge < -0.3 is 5.32 Å².